The lowest BCUT2D eigenvalue weighted by Gasteiger charge is -2.15. The first kappa shape index (κ1) is 22.0. The first-order valence-electron chi connectivity index (χ1n) is 10.7. The summed E-state index contributed by atoms with van der Waals surface area (Å²) in [6.45, 7) is 1.82. The normalized spacial score (nSPS) is 12.3. The van der Waals surface area contributed by atoms with E-state index in [1.807, 2.05) is 0 Å². The number of hydrogen-bond acceptors (Lipinski definition) is 9. The maximum Gasteiger partial charge on any atom is 0.322 e. The standard InChI is InChI=1S/C24H17BrFN7O3/c1-11-6-7-29-24(32-11)36-16-5-2-12(8-14(16)26)33-19(17(25)18-20(33)23(28)31-9-30-18)13-3-4-15(27)22-21(13)34-10-35-22/h2-9H,10,27H2,1H3,(H2,28,30,31). The average Bonchev–Trinajstić information content (AvgIpc) is 3.46. The van der Waals surface area contributed by atoms with Crippen molar-refractivity contribution in [1.29, 1.82) is 0 Å². The van der Waals surface area contributed by atoms with Crippen LogP contribution in [-0.4, -0.2) is 31.3 Å². The Kier molecular flexibility index (Phi) is 5.11. The highest BCUT2D eigenvalue weighted by molar-refractivity contribution is 9.10. The van der Waals surface area contributed by atoms with Crippen LogP contribution in [0.15, 0.2) is 53.4 Å². The van der Waals surface area contributed by atoms with Crippen molar-refractivity contribution in [3.8, 4) is 40.2 Å². The summed E-state index contributed by atoms with van der Waals surface area (Å²) in [5, 5.41) is 0. The monoisotopic (exact) mass is 549 g/mol. The molecule has 3 aromatic heterocycles. The van der Waals surface area contributed by atoms with Crippen molar-refractivity contribution in [2.45, 2.75) is 6.92 Å². The van der Waals surface area contributed by atoms with Gasteiger partial charge in [0.05, 0.1) is 15.9 Å². The molecule has 0 atom stereocenters. The molecular weight excluding hydrogens is 533 g/mol. The summed E-state index contributed by atoms with van der Waals surface area (Å²) >= 11 is 3.65. The fourth-order valence-corrected chi connectivity index (χ4v) is 4.76. The molecule has 0 amide bonds. The summed E-state index contributed by atoms with van der Waals surface area (Å²) < 4.78 is 34.5. The van der Waals surface area contributed by atoms with Crippen LogP contribution in [0.2, 0.25) is 0 Å². The van der Waals surface area contributed by atoms with Crippen LogP contribution in [0.25, 0.3) is 28.0 Å². The molecule has 0 saturated heterocycles. The number of rotatable bonds is 4. The van der Waals surface area contributed by atoms with Gasteiger partial charge >= 0.3 is 6.01 Å². The Balaban J connectivity index is 1.56. The van der Waals surface area contributed by atoms with Crippen molar-refractivity contribution in [3.63, 3.8) is 0 Å². The van der Waals surface area contributed by atoms with Gasteiger partial charge in [-0.25, -0.2) is 24.3 Å². The van der Waals surface area contributed by atoms with Crippen molar-refractivity contribution in [3.05, 3.63) is 64.9 Å². The van der Waals surface area contributed by atoms with E-state index in [1.165, 1.54) is 18.5 Å². The number of aryl methyl sites for hydroxylation is 1. The van der Waals surface area contributed by atoms with Crippen LogP contribution in [-0.2, 0) is 0 Å². The number of hydrogen-bond donors (Lipinski definition) is 2. The number of nitrogens with zero attached hydrogens (tertiary/aromatic N) is 5. The number of fused-ring (bicyclic) bond motifs is 2. The van der Waals surface area contributed by atoms with Gasteiger partial charge < -0.3 is 30.2 Å². The van der Waals surface area contributed by atoms with Crippen LogP contribution in [0.1, 0.15) is 5.69 Å². The molecule has 12 heteroatoms. The average molecular weight is 550 g/mol. The Hall–Kier alpha value is -4.45. The zero-order valence-electron chi connectivity index (χ0n) is 18.7. The van der Waals surface area contributed by atoms with Crippen molar-refractivity contribution < 1.29 is 18.6 Å². The summed E-state index contributed by atoms with van der Waals surface area (Å²) in [6, 6.07) is 9.78. The first-order valence-corrected chi connectivity index (χ1v) is 11.5. The van der Waals surface area contributed by atoms with Crippen LogP contribution in [0, 0.1) is 12.7 Å². The summed E-state index contributed by atoms with van der Waals surface area (Å²) in [4.78, 5) is 16.7. The molecule has 4 N–H and O–H groups in total. The summed E-state index contributed by atoms with van der Waals surface area (Å²) in [6.07, 6.45) is 2.91. The second-order valence-corrected chi connectivity index (χ2v) is 8.71. The van der Waals surface area contributed by atoms with E-state index in [9.17, 15) is 0 Å². The highest BCUT2D eigenvalue weighted by Gasteiger charge is 2.29. The van der Waals surface area contributed by atoms with Gasteiger partial charge in [0.25, 0.3) is 0 Å². The van der Waals surface area contributed by atoms with Crippen molar-refractivity contribution in [2.75, 3.05) is 18.3 Å². The predicted molar refractivity (Wildman–Crippen MR) is 134 cm³/mol. The van der Waals surface area contributed by atoms with E-state index in [-0.39, 0.29) is 24.4 Å². The fraction of sp³-hybridized carbons (Fsp3) is 0.0833. The first-order chi connectivity index (χ1) is 17.4. The molecule has 2 aromatic carbocycles. The smallest absolute Gasteiger partial charge is 0.322 e. The molecule has 0 radical (unpaired) electrons. The molecule has 0 unspecified atom stereocenters. The van der Waals surface area contributed by atoms with Crippen LogP contribution in [0.5, 0.6) is 23.3 Å². The Morgan fingerprint density at radius 2 is 1.89 bits per heavy atom. The Bertz CT molecular complexity index is 1670. The maximum atomic E-state index is 15.3. The summed E-state index contributed by atoms with van der Waals surface area (Å²) in [5.74, 6) is 0.451. The predicted octanol–water partition coefficient (Wildman–Crippen LogP) is 4.77. The lowest BCUT2D eigenvalue weighted by Crippen LogP contribution is -2.03. The minimum Gasteiger partial charge on any atom is -0.453 e. The largest absolute Gasteiger partial charge is 0.453 e. The molecule has 4 heterocycles. The minimum atomic E-state index is -0.626. The molecule has 0 bridgehead atoms. The van der Waals surface area contributed by atoms with Crippen molar-refractivity contribution >= 4 is 38.5 Å². The number of nitrogen functional groups attached to an aromatic ring is 2. The molecule has 0 spiro atoms. The van der Waals surface area contributed by atoms with Gasteiger partial charge in [-0.05, 0) is 53.2 Å². The molecule has 1 aliphatic rings. The van der Waals surface area contributed by atoms with Crippen molar-refractivity contribution in [2.24, 2.45) is 0 Å². The molecule has 6 rings (SSSR count). The molecule has 180 valence electrons. The van der Waals surface area contributed by atoms with Gasteiger partial charge in [0.1, 0.15) is 17.4 Å². The zero-order chi connectivity index (χ0) is 25.0. The molecule has 5 aromatic rings. The molecule has 10 nitrogen and oxygen atoms in total. The molecule has 0 fully saturated rings. The molecule has 1 aliphatic heterocycles. The summed E-state index contributed by atoms with van der Waals surface area (Å²) in [5.41, 5.74) is 16.2. The third-order valence-corrected chi connectivity index (χ3v) is 6.42. The van der Waals surface area contributed by atoms with Gasteiger partial charge in [-0.2, -0.15) is 0 Å². The quantitative estimate of drug-likeness (QED) is 0.303. The van der Waals surface area contributed by atoms with Crippen LogP contribution < -0.4 is 25.7 Å². The molecule has 36 heavy (non-hydrogen) atoms. The van der Waals surface area contributed by atoms with E-state index in [1.54, 1.807) is 42.0 Å². The van der Waals surface area contributed by atoms with Crippen molar-refractivity contribution in [1.82, 2.24) is 24.5 Å². The second kappa shape index (κ2) is 8.34. The number of benzene rings is 2. The van der Waals surface area contributed by atoms with Gasteiger partial charge in [0.15, 0.2) is 28.9 Å². The third-order valence-electron chi connectivity index (χ3n) is 5.67. The minimum absolute atomic E-state index is 0.0258. The summed E-state index contributed by atoms with van der Waals surface area (Å²) in [7, 11) is 0. The fourth-order valence-electron chi connectivity index (χ4n) is 4.08. The van der Waals surface area contributed by atoms with Gasteiger partial charge in [0.2, 0.25) is 6.79 Å². The zero-order valence-corrected chi connectivity index (χ0v) is 20.3. The lowest BCUT2D eigenvalue weighted by atomic mass is 10.1. The van der Waals surface area contributed by atoms with Crippen LogP contribution >= 0.6 is 15.9 Å². The van der Waals surface area contributed by atoms with Crippen LogP contribution in [0.4, 0.5) is 15.9 Å². The maximum absolute atomic E-state index is 15.3. The lowest BCUT2D eigenvalue weighted by molar-refractivity contribution is 0.174. The van der Waals surface area contributed by atoms with E-state index >= 15 is 4.39 Å². The highest BCUT2D eigenvalue weighted by Crippen LogP contribution is 2.50. The number of halogens is 2. The molecule has 0 aliphatic carbocycles. The van der Waals surface area contributed by atoms with E-state index in [0.717, 1.165) is 0 Å². The molecule has 0 saturated carbocycles. The highest BCUT2D eigenvalue weighted by atomic mass is 79.9. The second-order valence-electron chi connectivity index (χ2n) is 7.92. The topological polar surface area (TPSA) is 136 Å². The van der Waals surface area contributed by atoms with E-state index in [2.05, 4.69) is 35.9 Å². The number of anilines is 2. The van der Waals surface area contributed by atoms with Gasteiger partial charge in [-0.3, -0.25) is 0 Å². The molecular formula is C24H17BrFN7O3. The number of nitrogens with two attached hydrogens (primary N) is 2. The van der Waals surface area contributed by atoms with E-state index in [0.29, 0.717) is 55.3 Å². The van der Waals surface area contributed by atoms with E-state index < -0.39 is 5.82 Å². The van der Waals surface area contributed by atoms with Gasteiger partial charge in [0, 0.05) is 29.2 Å². The number of ether oxygens (including phenoxy) is 3. The Morgan fingerprint density at radius 3 is 2.69 bits per heavy atom. The Morgan fingerprint density at radius 1 is 1.06 bits per heavy atom. The number of aromatic nitrogens is 5. The van der Waals surface area contributed by atoms with Gasteiger partial charge in [-0.1, -0.05) is 0 Å². The SMILES string of the molecule is Cc1ccnc(Oc2ccc(-n3c(-c4ccc(N)c5c4OCO5)c(Br)c4ncnc(N)c43)cc2F)n1. The van der Waals surface area contributed by atoms with E-state index in [4.69, 9.17) is 25.7 Å². The van der Waals surface area contributed by atoms with Crippen LogP contribution in [0.3, 0.4) is 0 Å². The third kappa shape index (κ3) is 3.45. The van der Waals surface area contributed by atoms with Gasteiger partial charge in [-0.15, -0.1) is 0 Å². The Labute approximate surface area is 211 Å².